The van der Waals surface area contributed by atoms with Gasteiger partial charge in [0.1, 0.15) is 0 Å². The average molecular weight is 356 g/mol. The molecule has 1 amide bonds. The predicted octanol–water partition coefficient (Wildman–Crippen LogP) is 5.12. The molecule has 3 aromatic carbocycles. The number of benzene rings is 3. The first-order chi connectivity index (χ1) is 13.1. The van der Waals surface area contributed by atoms with Gasteiger partial charge in [-0.1, -0.05) is 30.3 Å². The standard InChI is InChI=1S/C23H20N2O2/c1-15-6-5-9-17(14-15)24-19-11-12-20(22-18(19)10-13-21(22)26)25-23(27)16-7-3-2-4-8-16/h2-9,11-12,14,24H,10,13H2,1H3,(H,25,27). The molecular weight excluding hydrogens is 336 g/mol. The second kappa shape index (κ2) is 7.08. The fraction of sp³-hybridized carbons (Fsp3) is 0.130. The number of Topliss-reactive ketones (excluding diaryl/α,β-unsaturated/α-hetero) is 1. The molecule has 0 unspecified atom stereocenters. The van der Waals surface area contributed by atoms with Crippen molar-refractivity contribution in [2.24, 2.45) is 0 Å². The highest BCUT2D eigenvalue weighted by molar-refractivity contribution is 6.12. The Balaban J connectivity index is 1.66. The van der Waals surface area contributed by atoms with Crippen molar-refractivity contribution in [2.45, 2.75) is 19.8 Å². The van der Waals surface area contributed by atoms with Gasteiger partial charge in [-0.25, -0.2) is 0 Å². The van der Waals surface area contributed by atoms with E-state index < -0.39 is 0 Å². The van der Waals surface area contributed by atoms with Gasteiger partial charge in [-0.2, -0.15) is 0 Å². The highest BCUT2D eigenvalue weighted by Crippen LogP contribution is 2.36. The van der Waals surface area contributed by atoms with Crippen LogP contribution >= 0.6 is 0 Å². The summed E-state index contributed by atoms with van der Waals surface area (Å²) < 4.78 is 0. The van der Waals surface area contributed by atoms with Crippen molar-refractivity contribution >= 4 is 28.8 Å². The fourth-order valence-electron chi connectivity index (χ4n) is 3.47. The van der Waals surface area contributed by atoms with Gasteiger partial charge in [0.15, 0.2) is 5.78 Å². The van der Waals surface area contributed by atoms with Crippen molar-refractivity contribution in [3.8, 4) is 0 Å². The number of carbonyl (C=O) groups excluding carboxylic acids is 2. The van der Waals surface area contributed by atoms with E-state index in [1.165, 1.54) is 5.56 Å². The Morgan fingerprint density at radius 3 is 2.44 bits per heavy atom. The molecule has 1 aliphatic carbocycles. The maximum absolute atomic E-state index is 12.5. The quantitative estimate of drug-likeness (QED) is 0.682. The van der Waals surface area contributed by atoms with E-state index in [1.54, 1.807) is 18.2 Å². The van der Waals surface area contributed by atoms with Gasteiger partial charge in [0.25, 0.3) is 5.91 Å². The van der Waals surface area contributed by atoms with E-state index in [-0.39, 0.29) is 11.7 Å². The third-order valence-corrected chi connectivity index (χ3v) is 4.78. The maximum atomic E-state index is 12.5. The summed E-state index contributed by atoms with van der Waals surface area (Å²) in [6.07, 6.45) is 1.15. The highest BCUT2D eigenvalue weighted by Gasteiger charge is 2.26. The second-order valence-corrected chi connectivity index (χ2v) is 6.75. The summed E-state index contributed by atoms with van der Waals surface area (Å²) in [6, 6.07) is 20.9. The van der Waals surface area contributed by atoms with Crippen LogP contribution in [0, 0.1) is 6.92 Å². The lowest BCUT2D eigenvalue weighted by atomic mass is 10.0. The minimum Gasteiger partial charge on any atom is -0.355 e. The van der Waals surface area contributed by atoms with E-state index in [4.69, 9.17) is 0 Å². The van der Waals surface area contributed by atoms with E-state index in [0.29, 0.717) is 29.7 Å². The Kier molecular flexibility index (Phi) is 4.47. The van der Waals surface area contributed by atoms with E-state index >= 15 is 0 Å². The van der Waals surface area contributed by atoms with Crippen LogP contribution in [0.3, 0.4) is 0 Å². The van der Waals surface area contributed by atoms with Gasteiger partial charge in [-0.3, -0.25) is 9.59 Å². The molecule has 0 aromatic heterocycles. The van der Waals surface area contributed by atoms with Crippen molar-refractivity contribution in [3.63, 3.8) is 0 Å². The molecule has 1 aliphatic rings. The molecule has 0 saturated heterocycles. The monoisotopic (exact) mass is 356 g/mol. The van der Waals surface area contributed by atoms with Crippen molar-refractivity contribution < 1.29 is 9.59 Å². The molecule has 0 radical (unpaired) electrons. The maximum Gasteiger partial charge on any atom is 0.255 e. The molecule has 4 rings (SSSR count). The van der Waals surface area contributed by atoms with Crippen LogP contribution in [-0.2, 0) is 6.42 Å². The number of anilines is 3. The first-order valence-corrected chi connectivity index (χ1v) is 9.01. The molecule has 27 heavy (non-hydrogen) atoms. The number of amides is 1. The molecule has 134 valence electrons. The molecule has 0 aliphatic heterocycles. The third kappa shape index (κ3) is 3.47. The Morgan fingerprint density at radius 2 is 1.67 bits per heavy atom. The van der Waals surface area contributed by atoms with Crippen LogP contribution in [0.1, 0.15) is 38.3 Å². The van der Waals surface area contributed by atoms with Gasteiger partial charge < -0.3 is 10.6 Å². The SMILES string of the molecule is Cc1cccc(Nc2ccc(NC(=O)c3ccccc3)c3c2CCC3=O)c1. The summed E-state index contributed by atoms with van der Waals surface area (Å²) in [6.45, 7) is 2.04. The molecule has 2 N–H and O–H groups in total. The summed E-state index contributed by atoms with van der Waals surface area (Å²) in [4.78, 5) is 25.0. The summed E-state index contributed by atoms with van der Waals surface area (Å²) in [5, 5.41) is 6.31. The van der Waals surface area contributed by atoms with Crippen LogP contribution in [0.5, 0.6) is 0 Å². The van der Waals surface area contributed by atoms with Gasteiger partial charge in [0, 0.05) is 28.9 Å². The number of fused-ring (bicyclic) bond motifs is 1. The van der Waals surface area contributed by atoms with Gasteiger partial charge in [-0.15, -0.1) is 0 Å². The van der Waals surface area contributed by atoms with Gasteiger partial charge in [0.2, 0.25) is 0 Å². The van der Waals surface area contributed by atoms with Gasteiger partial charge in [-0.05, 0) is 60.9 Å². The predicted molar refractivity (Wildman–Crippen MR) is 108 cm³/mol. The molecule has 4 heteroatoms. The van der Waals surface area contributed by atoms with Crippen LogP contribution in [-0.4, -0.2) is 11.7 Å². The van der Waals surface area contributed by atoms with Gasteiger partial charge >= 0.3 is 0 Å². The minimum atomic E-state index is -0.211. The molecule has 0 bridgehead atoms. The van der Waals surface area contributed by atoms with E-state index in [9.17, 15) is 9.59 Å². The van der Waals surface area contributed by atoms with Gasteiger partial charge in [0.05, 0.1) is 5.69 Å². The summed E-state index contributed by atoms with van der Waals surface area (Å²) in [5.41, 5.74) is 5.80. The number of nitrogens with one attached hydrogen (secondary N) is 2. The number of ketones is 1. The first kappa shape index (κ1) is 17.0. The molecule has 0 heterocycles. The Hall–Kier alpha value is -3.40. The molecule has 4 nitrogen and oxygen atoms in total. The summed E-state index contributed by atoms with van der Waals surface area (Å²) >= 11 is 0. The van der Waals surface area contributed by atoms with E-state index in [2.05, 4.69) is 16.7 Å². The van der Waals surface area contributed by atoms with E-state index in [0.717, 1.165) is 16.9 Å². The summed E-state index contributed by atoms with van der Waals surface area (Å²) in [7, 11) is 0. The fourth-order valence-corrected chi connectivity index (χ4v) is 3.47. The van der Waals surface area contributed by atoms with Crippen molar-refractivity contribution in [1.29, 1.82) is 0 Å². The van der Waals surface area contributed by atoms with Crippen LogP contribution in [0.25, 0.3) is 0 Å². The minimum absolute atomic E-state index is 0.0706. The lowest BCUT2D eigenvalue weighted by Gasteiger charge is -2.15. The topological polar surface area (TPSA) is 58.2 Å². The molecule has 0 atom stereocenters. The molecule has 0 spiro atoms. The van der Waals surface area contributed by atoms with E-state index in [1.807, 2.05) is 49.4 Å². The number of hydrogen-bond acceptors (Lipinski definition) is 3. The van der Waals surface area contributed by atoms with Crippen molar-refractivity contribution in [2.75, 3.05) is 10.6 Å². The third-order valence-electron chi connectivity index (χ3n) is 4.78. The Morgan fingerprint density at radius 1 is 0.889 bits per heavy atom. The Bertz CT molecular complexity index is 1030. The second-order valence-electron chi connectivity index (χ2n) is 6.75. The highest BCUT2D eigenvalue weighted by atomic mass is 16.1. The number of rotatable bonds is 4. The van der Waals surface area contributed by atoms with Crippen LogP contribution in [0.15, 0.2) is 66.7 Å². The molecule has 0 saturated carbocycles. The summed E-state index contributed by atoms with van der Waals surface area (Å²) in [5.74, 6) is -0.141. The lowest BCUT2D eigenvalue weighted by molar-refractivity contribution is 0.0995. The zero-order valence-electron chi connectivity index (χ0n) is 15.1. The van der Waals surface area contributed by atoms with Crippen LogP contribution < -0.4 is 10.6 Å². The lowest BCUT2D eigenvalue weighted by Crippen LogP contribution is -2.14. The normalized spacial score (nSPS) is 12.6. The first-order valence-electron chi connectivity index (χ1n) is 9.01. The smallest absolute Gasteiger partial charge is 0.255 e. The van der Waals surface area contributed by atoms with Crippen LogP contribution in [0.4, 0.5) is 17.1 Å². The largest absolute Gasteiger partial charge is 0.355 e. The van der Waals surface area contributed by atoms with Crippen molar-refractivity contribution in [1.82, 2.24) is 0 Å². The average Bonchev–Trinajstić information content (AvgIpc) is 3.07. The zero-order valence-corrected chi connectivity index (χ0v) is 15.1. The Labute approximate surface area is 158 Å². The number of aryl methyl sites for hydroxylation is 1. The molecular formula is C23H20N2O2. The molecule has 3 aromatic rings. The zero-order chi connectivity index (χ0) is 18.8. The molecule has 0 fully saturated rings. The number of carbonyl (C=O) groups is 2. The van der Waals surface area contributed by atoms with Crippen LogP contribution in [0.2, 0.25) is 0 Å². The number of hydrogen-bond donors (Lipinski definition) is 2. The van der Waals surface area contributed by atoms with Crippen molar-refractivity contribution in [3.05, 3.63) is 89.0 Å².